The van der Waals surface area contributed by atoms with E-state index < -0.39 is 15.8 Å². The van der Waals surface area contributed by atoms with Crippen LogP contribution >= 0.6 is 0 Å². The zero-order valence-electron chi connectivity index (χ0n) is 8.67. The lowest BCUT2D eigenvalue weighted by Crippen LogP contribution is -2.14. The Morgan fingerprint density at radius 3 is 2.59 bits per heavy atom. The summed E-state index contributed by atoms with van der Waals surface area (Å²) in [6.07, 6.45) is 1.43. The maximum atomic E-state index is 13.1. The first-order valence-corrected chi connectivity index (χ1v) is 6.27. The van der Waals surface area contributed by atoms with E-state index in [9.17, 15) is 12.8 Å². The highest BCUT2D eigenvalue weighted by Gasteiger charge is 2.15. The Balaban J connectivity index is 2.69. The molecule has 0 bridgehead atoms. The van der Waals surface area contributed by atoms with Gasteiger partial charge in [-0.1, -0.05) is 12.1 Å². The van der Waals surface area contributed by atoms with Gasteiger partial charge < -0.3 is 0 Å². The van der Waals surface area contributed by atoms with Crippen LogP contribution in [-0.4, -0.2) is 13.4 Å². The van der Waals surface area contributed by atoms with Crippen LogP contribution in [0.5, 0.6) is 0 Å². The van der Waals surface area contributed by atoms with Gasteiger partial charge in [0.2, 0.25) is 10.0 Å². The summed E-state index contributed by atoms with van der Waals surface area (Å²) >= 11 is 0. The van der Waals surface area contributed by atoms with Gasteiger partial charge >= 0.3 is 0 Å². The molecule has 0 aliphatic carbocycles. The lowest BCUT2D eigenvalue weighted by atomic mass is 10.1. The molecule has 0 saturated heterocycles. The molecule has 17 heavy (non-hydrogen) atoms. The summed E-state index contributed by atoms with van der Waals surface area (Å²) < 4.78 is 35.8. The quantitative estimate of drug-likeness (QED) is 0.881. The summed E-state index contributed by atoms with van der Waals surface area (Å²) in [5.41, 5.74) is 0.518. The molecule has 0 fully saturated rings. The number of pyridine rings is 1. The van der Waals surface area contributed by atoms with Crippen molar-refractivity contribution in [2.24, 2.45) is 5.14 Å². The molecule has 1 heterocycles. The zero-order chi connectivity index (χ0) is 12.5. The number of nitrogens with two attached hydrogens (primary N) is 1. The smallest absolute Gasteiger partial charge is 0.240 e. The van der Waals surface area contributed by atoms with Crippen molar-refractivity contribution in [3.8, 4) is 11.3 Å². The molecule has 1 aromatic carbocycles. The first-order chi connectivity index (χ1) is 7.98. The van der Waals surface area contributed by atoms with E-state index in [0.717, 1.165) is 0 Å². The van der Waals surface area contributed by atoms with E-state index in [1.54, 1.807) is 6.07 Å². The number of sulfonamides is 1. The molecule has 6 heteroatoms. The fourth-order valence-corrected chi connectivity index (χ4v) is 2.18. The van der Waals surface area contributed by atoms with Crippen molar-refractivity contribution in [3.63, 3.8) is 0 Å². The lowest BCUT2D eigenvalue weighted by molar-refractivity contribution is 0.597. The molecule has 88 valence electrons. The summed E-state index contributed by atoms with van der Waals surface area (Å²) in [7, 11) is -3.88. The maximum Gasteiger partial charge on any atom is 0.240 e. The average Bonchev–Trinajstić information content (AvgIpc) is 2.28. The second-order valence-corrected chi connectivity index (χ2v) is 4.94. The van der Waals surface area contributed by atoms with Crippen LogP contribution < -0.4 is 5.14 Å². The molecule has 2 aromatic rings. The van der Waals surface area contributed by atoms with Crippen LogP contribution in [-0.2, 0) is 10.0 Å². The van der Waals surface area contributed by atoms with Crippen molar-refractivity contribution in [1.29, 1.82) is 0 Å². The van der Waals surface area contributed by atoms with Gasteiger partial charge in [0, 0.05) is 11.8 Å². The van der Waals surface area contributed by atoms with E-state index in [1.165, 1.54) is 36.5 Å². The highest BCUT2D eigenvalue weighted by Crippen LogP contribution is 2.24. The van der Waals surface area contributed by atoms with Gasteiger partial charge in [-0.25, -0.2) is 17.9 Å². The molecule has 0 atom stereocenters. The SMILES string of the molecule is NS(=O)(=O)c1cccnc1-c1cccc(F)c1. The first-order valence-electron chi connectivity index (χ1n) is 4.72. The molecule has 4 nitrogen and oxygen atoms in total. The summed E-state index contributed by atoms with van der Waals surface area (Å²) in [4.78, 5) is 3.81. The van der Waals surface area contributed by atoms with Crippen LogP contribution in [0, 0.1) is 5.82 Å². The van der Waals surface area contributed by atoms with Crippen LogP contribution in [0.2, 0.25) is 0 Å². The molecule has 0 unspecified atom stereocenters. The Kier molecular flexibility index (Phi) is 2.91. The highest BCUT2D eigenvalue weighted by molar-refractivity contribution is 7.89. The molecular weight excluding hydrogens is 243 g/mol. The molecule has 0 aliphatic rings. The second kappa shape index (κ2) is 4.23. The minimum absolute atomic E-state index is 0.120. The normalized spacial score (nSPS) is 11.4. The Morgan fingerprint density at radius 2 is 1.94 bits per heavy atom. The number of rotatable bonds is 2. The van der Waals surface area contributed by atoms with Crippen LogP contribution in [0.1, 0.15) is 0 Å². The Bertz CT molecular complexity index is 656. The van der Waals surface area contributed by atoms with Crippen LogP contribution in [0.4, 0.5) is 4.39 Å². The Hall–Kier alpha value is -1.79. The molecule has 0 saturated carbocycles. The molecule has 0 radical (unpaired) electrons. The fourth-order valence-electron chi connectivity index (χ4n) is 1.47. The molecule has 0 spiro atoms. The summed E-state index contributed by atoms with van der Waals surface area (Å²) in [5.74, 6) is -0.464. The van der Waals surface area contributed by atoms with E-state index in [4.69, 9.17) is 5.14 Å². The average molecular weight is 252 g/mol. The van der Waals surface area contributed by atoms with Crippen molar-refractivity contribution < 1.29 is 12.8 Å². The second-order valence-electron chi connectivity index (χ2n) is 3.41. The van der Waals surface area contributed by atoms with E-state index >= 15 is 0 Å². The third-order valence-corrected chi connectivity index (χ3v) is 3.12. The van der Waals surface area contributed by atoms with Crippen molar-refractivity contribution >= 4 is 10.0 Å². The number of hydrogen-bond acceptors (Lipinski definition) is 3. The predicted molar refractivity (Wildman–Crippen MR) is 61.0 cm³/mol. The zero-order valence-corrected chi connectivity index (χ0v) is 9.49. The van der Waals surface area contributed by atoms with Gasteiger partial charge in [0.1, 0.15) is 10.7 Å². The molecular formula is C11H9FN2O2S. The van der Waals surface area contributed by atoms with Gasteiger partial charge in [-0.3, -0.25) is 4.98 Å². The molecule has 0 amide bonds. The van der Waals surface area contributed by atoms with Crippen molar-refractivity contribution in [1.82, 2.24) is 4.98 Å². The first kappa shape index (κ1) is 11.7. The van der Waals surface area contributed by atoms with Crippen molar-refractivity contribution in [3.05, 3.63) is 48.4 Å². The van der Waals surface area contributed by atoms with E-state index in [2.05, 4.69) is 4.98 Å². The molecule has 2 rings (SSSR count). The van der Waals surface area contributed by atoms with Crippen molar-refractivity contribution in [2.75, 3.05) is 0 Å². The number of hydrogen-bond donors (Lipinski definition) is 1. The third kappa shape index (κ3) is 2.48. The number of benzene rings is 1. The number of primary sulfonamides is 1. The van der Waals surface area contributed by atoms with E-state index in [-0.39, 0.29) is 10.6 Å². The molecule has 1 aromatic heterocycles. The maximum absolute atomic E-state index is 13.1. The van der Waals surface area contributed by atoms with Crippen LogP contribution in [0.15, 0.2) is 47.5 Å². The summed E-state index contributed by atoms with van der Waals surface area (Å²) in [6.45, 7) is 0. The largest absolute Gasteiger partial charge is 0.255 e. The highest BCUT2D eigenvalue weighted by atomic mass is 32.2. The number of aromatic nitrogens is 1. The monoisotopic (exact) mass is 252 g/mol. The van der Waals surface area contributed by atoms with Gasteiger partial charge in [0.25, 0.3) is 0 Å². The predicted octanol–water partition coefficient (Wildman–Crippen LogP) is 1.54. The Labute approximate surface area is 98.0 Å². The van der Waals surface area contributed by atoms with Gasteiger partial charge in [-0.15, -0.1) is 0 Å². The minimum Gasteiger partial charge on any atom is -0.255 e. The number of nitrogens with zero attached hydrogens (tertiary/aromatic N) is 1. The summed E-state index contributed by atoms with van der Waals surface area (Å²) in [6, 6.07) is 8.32. The van der Waals surface area contributed by atoms with Crippen LogP contribution in [0.25, 0.3) is 11.3 Å². The van der Waals surface area contributed by atoms with Crippen LogP contribution in [0.3, 0.4) is 0 Å². The third-order valence-electron chi connectivity index (χ3n) is 2.18. The van der Waals surface area contributed by atoms with Gasteiger partial charge in [-0.05, 0) is 24.3 Å². The molecule has 0 aliphatic heterocycles. The lowest BCUT2D eigenvalue weighted by Gasteiger charge is -2.06. The standard InChI is InChI=1S/C11H9FN2O2S/c12-9-4-1-3-8(7-9)11-10(17(13,15)16)5-2-6-14-11/h1-7H,(H2,13,15,16). The Morgan fingerprint density at radius 1 is 1.18 bits per heavy atom. The topological polar surface area (TPSA) is 73.1 Å². The molecule has 2 N–H and O–H groups in total. The fraction of sp³-hybridized carbons (Fsp3) is 0. The summed E-state index contributed by atoms with van der Waals surface area (Å²) in [5, 5.41) is 5.07. The number of halogens is 1. The van der Waals surface area contributed by atoms with Crippen molar-refractivity contribution in [2.45, 2.75) is 4.90 Å². The minimum atomic E-state index is -3.88. The van der Waals surface area contributed by atoms with E-state index in [1.807, 2.05) is 0 Å². The van der Waals surface area contributed by atoms with Gasteiger partial charge in [0.15, 0.2) is 0 Å². The van der Waals surface area contributed by atoms with Gasteiger partial charge in [0.05, 0.1) is 5.69 Å². The van der Waals surface area contributed by atoms with Gasteiger partial charge in [-0.2, -0.15) is 0 Å². The van der Waals surface area contributed by atoms with E-state index in [0.29, 0.717) is 5.56 Å².